The lowest BCUT2D eigenvalue weighted by molar-refractivity contribution is -0.169. The van der Waals surface area contributed by atoms with E-state index in [1.807, 2.05) is 0 Å². The molecule has 1 saturated carbocycles. The Labute approximate surface area is 242 Å². The van der Waals surface area contributed by atoms with E-state index in [9.17, 15) is 27.2 Å². The highest BCUT2D eigenvalue weighted by atomic mass is 35.5. The molecule has 2 aromatic rings. The molecule has 13 heteroatoms. The molecular formula is C27H29Cl2FN4O5S. The Bertz CT molecular complexity index is 1450. The van der Waals surface area contributed by atoms with Crippen molar-refractivity contribution in [2.24, 2.45) is 5.92 Å². The van der Waals surface area contributed by atoms with Gasteiger partial charge in [0.05, 0.1) is 6.54 Å². The second-order valence-electron chi connectivity index (χ2n) is 10.6. The molecule has 1 N–H and O–H groups in total. The van der Waals surface area contributed by atoms with Crippen molar-refractivity contribution in [2.45, 2.75) is 62.3 Å². The van der Waals surface area contributed by atoms with Crippen LogP contribution in [-0.2, 0) is 30.8 Å². The molecule has 9 nitrogen and oxygen atoms in total. The summed E-state index contributed by atoms with van der Waals surface area (Å²) in [4.78, 5) is 42.6. The summed E-state index contributed by atoms with van der Waals surface area (Å²) in [7, 11) is -4.55. The van der Waals surface area contributed by atoms with E-state index in [1.54, 1.807) is 38.1 Å². The first-order valence-electron chi connectivity index (χ1n) is 13.0. The third-order valence-electron chi connectivity index (χ3n) is 7.54. The fourth-order valence-electron chi connectivity index (χ4n) is 5.27. The number of halogens is 3. The summed E-state index contributed by atoms with van der Waals surface area (Å²) in [6.45, 7) is 3.08. The van der Waals surface area contributed by atoms with Crippen LogP contribution < -0.4 is 5.32 Å². The average molecular weight is 612 g/mol. The van der Waals surface area contributed by atoms with Gasteiger partial charge in [-0.25, -0.2) is 12.8 Å². The van der Waals surface area contributed by atoms with Crippen LogP contribution in [0.4, 0.5) is 4.39 Å². The third-order valence-corrected chi connectivity index (χ3v) is 9.93. The zero-order valence-electron chi connectivity index (χ0n) is 21.9. The van der Waals surface area contributed by atoms with Gasteiger partial charge in [0.15, 0.2) is 0 Å². The maximum absolute atomic E-state index is 15.0. The molecule has 1 aliphatic carbocycles. The molecule has 3 fully saturated rings. The Morgan fingerprint density at radius 2 is 1.68 bits per heavy atom. The normalized spacial score (nSPS) is 23.9. The number of fused-ring (bicyclic) bond motifs is 1. The molecule has 3 atom stereocenters. The second-order valence-corrected chi connectivity index (χ2v) is 13.4. The fraction of sp³-hybridized carbons (Fsp3) is 0.444. The van der Waals surface area contributed by atoms with E-state index in [2.05, 4.69) is 5.32 Å². The number of rotatable bonds is 7. The number of piperazine rings is 1. The first kappa shape index (κ1) is 28.8. The Morgan fingerprint density at radius 1 is 1.02 bits per heavy atom. The van der Waals surface area contributed by atoms with E-state index < -0.39 is 51.4 Å². The first-order valence-corrected chi connectivity index (χ1v) is 15.2. The van der Waals surface area contributed by atoms with Crippen molar-refractivity contribution in [1.82, 2.24) is 19.4 Å². The molecule has 2 aliphatic heterocycles. The molecule has 0 radical (unpaired) electrons. The van der Waals surface area contributed by atoms with Gasteiger partial charge in [-0.3, -0.25) is 14.4 Å². The predicted octanol–water partition coefficient (Wildman–Crippen LogP) is 3.05. The van der Waals surface area contributed by atoms with Crippen molar-refractivity contribution in [3.8, 4) is 0 Å². The Balaban J connectivity index is 1.60. The molecule has 40 heavy (non-hydrogen) atoms. The van der Waals surface area contributed by atoms with Gasteiger partial charge in [0.2, 0.25) is 27.7 Å². The molecule has 2 heterocycles. The molecule has 0 bridgehead atoms. The maximum atomic E-state index is 15.0. The largest absolute Gasteiger partial charge is 0.343 e. The van der Waals surface area contributed by atoms with E-state index in [4.69, 9.17) is 23.2 Å². The van der Waals surface area contributed by atoms with Crippen LogP contribution >= 0.6 is 23.2 Å². The molecule has 3 aliphatic rings. The van der Waals surface area contributed by atoms with Crippen molar-refractivity contribution in [1.29, 1.82) is 0 Å². The monoisotopic (exact) mass is 610 g/mol. The molecule has 2 saturated heterocycles. The van der Waals surface area contributed by atoms with Gasteiger partial charge < -0.3 is 15.1 Å². The van der Waals surface area contributed by atoms with Crippen LogP contribution in [0.2, 0.25) is 10.0 Å². The first-order chi connectivity index (χ1) is 18.9. The highest BCUT2D eigenvalue weighted by molar-refractivity contribution is 7.89. The summed E-state index contributed by atoms with van der Waals surface area (Å²) in [6.07, 6.45) is 0.323. The van der Waals surface area contributed by atoms with Crippen LogP contribution in [-0.4, -0.2) is 77.6 Å². The SMILES string of the molecule is CC(C)N1CC2N(C(=O)C(NC(=O)C3CC3)CN2S(=O)(=O)c2ccc(Cl)cc2F)C(Cc2ccc(Cl)cc2)C1=O. The summed E-state index contributed by atoms with van der Waals surface area (Å²) < 4.78 is 44.0. The quantitative estimate of drug-likeness (QED) is 0.518. The average Bonchev–Trinajstić information content (AvgIpc) is 3.73. The van der Waals surface area contributed by atoms with Crippen molar-refractivity contribution in [2.75, 3.05) is 13.1 Å². The topological polar surface area (TPSA) is 107 Å². The summed E-state index contributed by atoms with van der Waals surface area (Å²) in [6, 6.07) is 7.43. The Kier molecular flexibility index (Phi) is 7.86. The lowest BCUT2D eigenvalue weighted by Crippen LogP contribution is -2.76. The lowest BCUT2D eigenvalue weighted by atomic mass is 9.96. The highest BCUT2D eigenvalue weighted by Crippen LogP contribution is 2.34. The standard InChI is InChI=1S/C27H29Cl2FN4O5S/c1-15(2)32-14-24-33(40(38,39)23-10-9-19(29)12-20(23)30)13-21(31-25(35)17-5-6-17)26(36)34(24)22(27(32)37)11-16-3-7-18(28)8-4-16/h3-4,7-10,12,15,17,21-22,24H,5-6,11,13-14H2,1-2H3,(H,31,35). The van der Waals surface area contributed by atoms with Crippen LogP contribution in [0.25, 0.3) is 0 Å². The van der Waals surface area contributed by atoms with Crippen LogP contribution in [0.3, 0.4) is 0 Å². The highest BCUT2D eigenvalue weighted by Gasteiger charge is 2.54. The van der Waals surface area contributed by atoms with Gasteiger partial charge in [-0.1, -0.05) is 35.3 Å². The number of hydrogen-bond donors (Lipinski definition) is 1. The number of hydrogen-bond acceptors (Lipinski definition) is 5. The van der Waals surface area contributed by atoms with Crippen molar-refractivity contribution in [3.05, 3.63) is 63.9 Å². The minimum atomic E-state index is -4.55. The summed E-state index contributed by atoms with van der Waals surface area (Å²) in [5.41, 5.74) is 0.710. The van der Waals surface area contributed by atoms with E-state index in [-0.39, 0.29) is 41.8 Å². The fourth-order valence-corrected chi connectivity index (χ4v) is 7.18. The van der Waals surface area contributed by atoms with Gasteiger partial charge in [-0.2, -0.15) is 4.31 Å². The second kappa shape index (κ2) is 10.9. The number of nitrogens with one attached hydrogen (secondary N) is 1. The molecular weight excluding hydrogens is 582 g/mol. The number of amides is 3. The van der Waals surface area contributed by atoms with Crippen molar-refractivity contribution in [3.63, 3.8) is 0 Å². The Morgan fingerprint density at radius 3 is 2.27 bits per heavy atom. The van der Waals surface area contributed by atoms with E-state index in [0.717, 1.165) is 16.4 Å². The van der Waals surface area contributed by atoms with E-state index in [1.165, 1.54) is 15.9 Å². The number of carbonyl (C=O) groups excluding carboxylic acids is 3. The summed E-state index contributed by atoms with van der Waals surface area (Å²) >= 11 is 11.9. The van der Waals surface area contributed by atoms with E-state index in [0.29, 0.717) is 23.4 Å². The van der Waals surface area contributed by atoms with Crippen molar-refractivity contribution < 1.29 is 27.2 Å². The van der Waals surface area contributed by atoms with Crippen LogP contribution in [0.5, 0.6) is 0 Å². The minimum absolute atomic E-state index is 0.0266. The zero-order valence-corrected chi connectivity index (χ0v) is 24.2. The van der Waals surface area contributed by atoms with Gasteiger partial charge in [0.25, 0.3) is 0 Å². The number of benzene rings is 2. The van der Waals surface area contributed by atoms with Gasteiger partial charge in [0, 0.05) is 35.0 Å². The van der Waals surface area contributed by atoms with Gasteiger partial charge in [-0.05, 0) is 62.6 Å². The van der Waals surface area contributed by atoms with E-state index >= 15 is 0 Å². The smallest absolute Gasteiger partial charge is 0.248 e. The molecule has 0 spiro atoms. The van der Waals surface area contributed by atoms with Crippen molar-refractivity contribution >= 4 is 50.9 Å². The molecule has 5 rings (SSSR count). The molecule has 3 unspecified atom stereocenters. The molecule has 2 aromatic carbocycles. The number of nitrogens with zero attached hydrogens (tertiary/aromatic N) is 3. The van der Waals surface area contributed by atoms with Gasteiger partial charge in [0.1, 0.15) is 29.0 Å². The number of carbonyl (C=O) groups is 3. The summed E-state index contributed by atoms with van der Waals surface area (Å²) in [5.74, 6) is -2.54. The van der Waals surface area contributed by atoms with Gasteiger partial charge >= 0.3 is 0 Å². The molecule has 0 aromatic heterocycles. The van der Waals surface area contributed by atoms with Crippen LogP contribution in [0.15, 0.2) is 47.4 Å². The number of sulfonamides is 1. The van der Waals surface area contributed by atoms with Crippen LogP contribution in [0.1, 0.15) is 32.3 Å². The lowest BCUT2D eigenvalue weighted by Gasteiger charge is -2.54. The van der Waals surface area contributed by atoms with Crippen LogP contribution in [0, 0.1) is 11.7 Å². The third kappa shape index (κ3) is 5.44. The predicted molar refractivity (Wildman–Crippen MR) is 146 cm³/mol. The van der Waals surface area contributed by atoms with Gasteiger partial charge in [-0.15, -0.1) is 0 Å². The summed E-state index contributed by atoms with van der Waals surface area (Å²) in [5, 5.41) is 3.21. The zero-order chi connectivity index (χ0) is 28.9. The maximum Gasteiger partial charge on any atom is 0.248 e. The molecule has 3 amide bonds. The Hall–Kier alpha value is -2.73. The molecule has 214 valence electrons. The minimum Gasteiger partial charge on any atom is -0.343 e.